The number of unbranched alkanes of at least 4 members (excludes halogenated alkanes) is 1. The maximum Gasteiger partial charge on any atom is 0.326 e. The summed E-state index contributed by atoms with van der Waals surface area (Å²) >= 11 is 0. The van der Waals surface area contributed by atoms with Gasteiger partial charge in [0.1, 0.15) is 11.8 Å². The number of hydrogen-bond donors (Lipinski definition) is 2. The first-order valence-corrected chi connectivity index (χ1v) is 11.4. The lowest BCUT2D eigenvalue weighted by Gasteiger charge is -2.27. The normalized spacial score (nSPS) is 21.0. The number of nitrogens with one attached hydrogen (secondary N) is 1. The third kappa shape index (κ3) is 8.23. The van der Waals surface area contributed by atoms with Gasteiger partial charge in [-0.1, -0.05) is 63.6 Å². The standard InChI is InChI=1S/C14H22N2O4.C10H14O/c17-9-15-7-13(18)16-8-11(6-12(16)14(19)20)10-4-2-1-3-5-10;1-2-3-9-11-10-7-5-4-6-8-10/h9-12H,1-8H2,(H,15,17)(H,19,20);4-8H,2-3,9H2,1H3. The van der Waals surface area contributed by atoms with Crippen LogP contribution in [0.1, 0.15) is 58.3 Å². The Morgan fingerprint density at radius 1 is 1.16 bits per heavy atom. The molecule has 1 aromatic carbocycles. The molecular weight excluding hydrogens is 396 g/mol. The van der Waals surface area contributed by atoms with Gasteiger partial charge < -0.3 is 20.1 Å². The van der Waals surface area contributed by atoms with Gasteiger partial charge in [-0.3, -0.25) is 9.59 Å². The maximum atomic E-state index is 12.0. The number of hydrogen-bond acceptors (Lipinski definition) is 4. The molecule has 1 saturated heterocycles. The molecule has 1 saturated carbocycles. The molecule has 172 valence electrons. The molecule has 0 bridgehead atoms. The van der Waals surface area contributed by atoms with Gasteiger partial charge in [0.2, 0.25) is 12.3 Å². The van der Waals surface area contributed by atoms with Gasteiger partial charge in [0.05, 0.1) is 13.2 Å². The Hall–Kier alpha value is -2.57. The summed E-state index contributed by atoms with van der Waals surface area (Å²) in [5.41, 5.74) is 0. The van der Waals surface area contributed by atoms with Crippen molar-refractivity contribution < 1.29 is 24.2 Å². The van der Waals surface area contributed by atoms with E-state index >= 15 is 0 Å². The van der Waals surface area contributed by atoms with E-state index in [1.165, 1.54) is 30.6 Å². The van der Waals surface area contributed by atoms with Gasteiger partial charge in [0, 0.05) is 6.54 Å². The largest absolute Gasteiger partial charge is 0.494 e. The molecular formula is C24H36N2O5. The highest BCUT2D eigenvalue weighted by Gasteiger charge is 2.42. The molecule has 1 aliphatic heterocycles. The minimum Gasteiger partial charge on any atom is -0.494 e. The molecule has 7 nitrogen and oxygen atoms in total. The highest BCUT2D eigenvalue weighted by molar-refractivity contribution is 5.86. The van der Waals surface area contributed by atoms with Crippen LogP contribution in [0, 0.1) is 11.8 Å². The quantitative estimate of drug-likeness (QED) is 0.460. The van der Waals surface area contributed by atoms with Crippen LogP contribution in [0.25, 0.3) is 0 Å². The molecule has 2 amide bonds. The molecule has 2 N–H and O–H groups in total. The fraction of sp³-hybridized carbons (Fsp3) is 0.625. The zero-order valence-corrected chi connectivity index (χ0v) is 18.5. The smallest absolute Gasteiger partial charge is 0.326 e. The highest BCUT2D eigenvalue weighted by Crippen LogP contribution is 2.37. The van der Waals surface area contributed by atoms with Crippen molar-refractivity contribution in [3.05, 3.63) is 30.3 Å². The topological polar surface area (TPSA) is 95.9 Å². The molecule has 0 radical (unpaired) electrons. The summed E-state index contributed by atoms with van der Waals surface area (Å²) < 4.78 is 5.45. The van der Waals surface area contributed by atoms with Crippen molar-refractivity contribution in [3.63, 3.8) is 0 Å². The lowest BCUT2D eigenvalue weighted by molar-refractivity contribution is -0.147. The summed E-state index contributed by atoms with van der Waals surface area (Å²) in [5.74, 6) is 0.561. The molecule has 0 spiro atoms. The first-order chi connectivity index (χ1) is 15.1. The monoisotopic (exact) mass is 432 g/mol. The number of para-hydroxylation sites is 1. The zero-order chi connectivity index (χ0) is 22.5. The summed E-state index contributed by atoms with van der Waals surface area (Å²) in [5, 5.41) is 11.6. The van der Waals surface area contributed by atoms with Crippen LogP contribution < -0.4 is 10.1 Å². The van der Waals surface area contributed by atoms with Gasteiger partial charge in [-0.05, 0) is 36.8 Å². The zero-order valence-electron chi connectivity index (χ0n) is 18.5. The van der Waals surface area contributed by atoms with Gasteiger partial charge >= 0.3 is 5.97 Å². The number of amides is 2. The SMILES string of the molecule is CCCCOc1ccccc1.O=CNCC(=O)N1CC(C2CCCCC2)CC1C(=O)O. The van der Waals surface area contributed by atoms with Crippen LogP contribution in [0.2, 0.25) is 0 Å². The van der Waals surface area contributed by atoms with Crippen LogP contribution in [0.5, 0.6) is 5.75 Å². The number of carbonyl (C=O) groups is 3. The second kappa shape index (κ2) is 13.7. The van der Waals surface area contributed by atoms with Gasteiger partial charge in [0.15, 0.2) is 0 Å². The van der Waals surface area contributed by atoms with Crippen molar-refractivity contribution in [2.45, 2.75) is 64.3 Å². The number of rotatable bonds is 9. The summed E-state index contributed by atoms with van der Waals surface area (Å²) in [6, 6.07) is 9.20. The average Bonchev–Trinajstić information content (AvgIpc) is 3.26. The fourth-order valence-electron chi connectivity index (χ4n) is 4.41. The van der Waals surface area contributed by atoms with Crippen LogP contribution in [-0.4, -0.2) is 54.0 Å². The number of carbonyl (C=O) groups excluding carboxylic acids is 2. The summed E-state index contributed by atoms with van der Waals surface area (Å²) in [6.07, 6.45) is 9.30. The van der Waals surface area contributed by atoms with Crippen molar-refractivity contribution >= 4 is 18.3 Å². The Morgan fingerprint density at radius 3 is 2.48 bits per heavy atom. The van der Waals surface area contributed by atoms with Crippen molar-refractivity contribution in [3.8, 4) is 5.75 Å². The van der Waals surface area contributed by atoms with Crippen LogP contribution in [-0.2, 0) is 14.4 Å². The summed E-state index contributed by atoms with van der Waals surface area (Å²) in [6.45, 7) is 3.39. The number of aliphatic carboxylic acids is 1. The Labute approximate surface area is 185 Å². The van der Waals surface area contributed by atoms with Crippen molar-refractivity contribution in [1.82, 2.24) is 10.2 Å². The second-order valence-corrected chi connectivity index (χ2v) is 8.31. The van der Waals surface area contributed by atoms with Crippen LogP contribution in [0.15, 0.2) is 30.3 Å². The predicted molar refractivity (Wildman–Crippen MR) is 119 cm³/mol. The predicted octanol–water partition coefficient (Wildman–Crippen LogP) is 3.48. The van der Waals surface area contributed by atoms with Gasteiger partial charge in [-0.25, -0.2) is 4.79 Å². The van der Waals surface area contributed by atoms with Crippen molar-refractivity contribution in [1.29, 1.82) is 0 Å². The first-order valence-electron chi connectivity index (χ1n) is 11.4. The Kier molecular flexibility index (Phi) is 10.9. The number of benzene rings is 1. The van der Waals surface area contributed by atoms with E-state index in [9.17, 15) is 19.5 Å². The van der Waals surface area contributed by atoms with E-state index < -0.39 is 12.0 Å². The third-order valence-corrected chi connectivity index (χ3v) is 6.10. The molecule has 2 fully saturated rings. The number of likely N-dealkylation sites (tertiary alicyclic amines) is 1. The minimum atomic E-state index is -0.942. The Bertz CT molecular complexity index is 676. The number of carboxylic acid groups (broad SMARTS) is 1. The molecule has 2 unspecified atom stereocenters. The number of nitrogens with zero attached hydrogens (tertiary/aromatic N) is 1. The number of ether oxygens (including phenoxy) is 1. The van der Waals surface area contributed by atoms with Gasteiger partial charge in [0.25, 0.3) is 0 Å². The van der Waals surface area contributed by atoms with Gasteiger partial charge in [-0.15, -0.1) is 0 Å². The van der Waals surface area contributed by atoms with Gasteiger partial charge in [-0.2, -0.15) is 0 Å². The Balaban J connectivity index is 0.000000262. The van der Waals surface area contributed by atoms with Crippen LogP contribution in [0.3, 0.4) is 0 Å². The van der Waals surface area contributed by atoms with Crippen LogP contribution >= 0.6 is 0 Å². The number of carboxylic acids is 1. The molecule has 2 atom stereocenters. The molecule has 1 aromatic rings. The van der Waals surface area contributed by atoms with Crippen LogP contribution in [0.4, 0.5) is 0 Å². The molecule has 0 aromatic heterocycles. The van der Waals surface area contributed by atoms with Crippen molar-refractivity contribution in [2.24, 2.45) is 11.8 Å². The van der Waals surface area contributed by atoms with E-state index in [0.717, 1.165) is 31.6 Å². The Morgan fingerprint density at radius 2 is 1.87 bits per heavy atom. The summed E-state index contributed by atoms with van der Waals surface area (Å²) in [4.78, 5) is 35.0. The summed E-state index contributed by atoms with van der Waals surface area (Å²) in [7, 11) is 0. The molecule has 1 aliphatic carbocycles. The molecule has 1 heterocycles. The molecule has 31 heavy (non-hydrogen) atoms. The third-order valence-electron chi connectivity index (χ3n) is 6.10. The van der Waals surface area contributed by atoms with E-state index in [-0.39, 0.29) is 18.4 Å². The van der Waals surface area contributed by atoms with Crippen molar-refractivity contribution in [2.75, 3.05) is 19.7 Å². The minimum absolute atomic E-state index is 0.120. The highest BCUT2D eigenvalue weighted by atomic mass is 16.5. The molecule has 7 heteroatoms. The van der Waals surface area contributed by atoms with E-state index in [0.29, 0.717) is 25.3 Å². The molecule has 3 rings (SSSR count). The lowest BCUT2D eigenvalue weighted by atomic mass is 9.79. The molecule has 2 aliphatic rings. The lowest BCUT2D eigenvalue weighted by Crippen LogP contribution is -2.44. The van der Waals surface area contributed by atoms with E-state index in [4.69, 9.17) is 4.74 Å². The first kappa shape index (κ1) is 24.7. The second-order valence-electron chi connectivity index (χ2n) is 8.31. The average molecular weight is 433 g/mol. The van der Waals surface area contributed by atoms with E-state index in [1.807, 2.05) is 30.3 Å². The van der Waals surface area contributed by atoms with E-state index in [1.54, 1.807) is 0 Å². The maximum absolute atomic E-state index is 12.0. The van der Waals surface area contributed by atoms with E-state index in [2.05, 4.69) is 12.2 Å². The fourth-order valence-corrected chi connectivity index (χ4v) is 4.41.